The van der Waals surface area contributed by atoms with Crippen LogP contribution in [0.15, 0.2) is 0 Å². The molecule has 588 valence electrons. The van der Waals surface area contributed by atoms with Crippen LogP contribution in [0.4, 0.5) is 0 Å². The molecule has 0 fully saturated rings. The molecule has 0 aliphatic rings. The predicted molar refractivity (Wildman–Crippen MR) is 404 cm³/mol. The smallest absolute Gasteiger partial charge is 0.462 e. The van der Waals surface area contributed by atoms with E-state index in [0.717, 1.165) is 120 Å². The van der Waals surface area contributed by atoms with Crippen LogP contribution < -0.4 is 0 Å². The number of phosphoric ester groups is 2. The normalized spacial score (nSPS) is 14.3. The molecule has 0 heterocycles. The van der Waals surface area contributed by atoms with E-state index in [1.165, 1.54) is 199 Å². The van der Waals surface area contributed by atoms with E-state index >= 15 is 0 Å². The highest BCUT2D eigenvalue weighted by atomic mass is 31.2. The Labute approximate surface area is 607 Å². The second kappa shape index (κ2) is 69.1. The standard InChI is InChI=1S/C80H156O17P2/c1-9-73(8)59-51-43-38-39-45-53-61-78(83)91-67-76(97-80(85)63-55-47-36-30-26-22-18-14-16-20-24-28-33-41-49-57-71(4)5)69-95-99(88,89)93-65-74(81)64-92-98(86,87)94-68-75(66-90-77(82)60-52-44-37-31-34-42-50-58-72(6)7)96-79(84)62-54-46-35-29-25-21-17-13-11-10-12-15-19-23-27-32-40-48-56-70(2)3/h70-76,81H,9-69H2,1-8H3,(H,86,87)(H,88,89)/t73?,74-,75-,76-/m1/s1. The second-order valence-corrected chi connectivity index (χ2v) is 33.4. The van der Waals surface area contributed by atoms with Gasteiger partial charge in [0.05, 0.1) is 26.4 Å². The number of carbonyl (C=O) groups is 4. The molecule has 3 N–H and O–H groups in total. The van der Waals surface area contributed by atoms with Gasteiger partial charge < -0.3 is 33.8 Å². The number of rotatable bonds is 77. The zero-order valence-electron chi connectivity index (χ0n) is 65.1. The summed E-state index contributed by atoms with van der Waals surface area (Å²) >= 11 is 0. The minimum Gasteiger partial charge on any atom is -0.462 e. The monoisotopic (exact) mass is 1450 g/mol. The van der Waals surface area contributed by atoms with Crippen molar-refractivity contribution in [2.24, 2.45) is 23.7 Å². The van der Waals surface area contributed by atoms with Crippen LogP contribution in [0.5, 0.6) is 0 Å². The number of aliphatic hydroxyl groups is 1. The summed E-state index contributed by atoms with van der Waals surface area (Å²) in [4.78, 5) is 72.9. The molecule has 0 aromatic carbocycles. The fraction of sp³-hybridized carbons (Fsp3) is 0.950. The molecule has 99 heavy (non-hydrogen) atoms. The van der Waals surface area contributed by atoms with Gasteiger partial charge in [0.15, 0.2) is 12.2 Å². The van der Waals surface area contributed by atoms with Crippen LogP contribution in [0, 0.1) is 23.7 Å². The van der Waals surface area contributed by atoms with Gasteiger partial charge in [-0.1, -0.05) is 357 Å². The number of unbranched alkanes of at least 4 members (excludes halogenated alkanes) is 42. The fourth-order valence-corrected chi connectivity index (χ4v) is 13.8. The molecule has 17 nitrogen and oxygen atoms in total. The van der Waals surface area contributed by atoms with E-state index in [4.69, 9.17) is 37.0 Å². The van der Waals surface area contributed by atoms with E-state index in [1.807, 2.05) is 0 Å². The highest BCUT2D eigenvalue weighted by molar-refractivity contribution is 7.47. The molecule has 0 bridgehead atoms. The van der Waals surface area contributed by atoms with Gasteiger partial charge in [0.1, 0.15) is 19.3 Å². The highest BCUT2D eigenvalue weighted by Crippen LogP contribution is 2.45. The Hall–Kier alpha value is -1.94. The average molecular weight is 1450 g/mol. The number of hydrogen-bond donors (Lipinski definition) is 3. The van der Waals surface area contributed by atoms with Crippen molar-refractivity contribution >= 4 is 39.5 Å². The van der Waals surface area contributed by atoms with Crippen LogP contribution in [0.25, 0.3) is 0 Å². The zero-order valence-corrected chi connectivity index (χ0v) is 66.9. The van der Waals surface area contributed by atoms with Crippen LogP contribution in [0.2, 0.25) is 0 Å². The molecule has 0 aliphatic carbocycles. The minimum atomic E-state index is -4.96. The third-order valence-corrected chi connectivity index (χ3v) is 20.8. The Morgan fingerprint density at radius 1 is 0.283 bits per heavy atom. The number of carbonyl (C=O) groups excluding carboxylic acids is 4. The van der Waals surface area contributed by atoms with Crippen LogP contribution in [-0.2, 0) is 65.4 Å². The molecule has 0 radical (unpaired) electrons. The Bertz CT molecular complexity index is 1940. The van der Waals surface area contributed by atoms with E-state index in [9.17, 15) is 43.2 Å². The summed E-state index contributed by atoms with van der Waals surface area (Å²) in [6.07, 6.45) is 55.8. The van der Waals surface area contributed by atoms with Crippen molar-refractivity contribution in [3.8, 4) is 0 Å². The molecular weight excluding hydrogens is 1290 g/mol. The van der Waals surface area contributed by atoms with Crippen LogP contribution in [-0.4, -0.2) is 96.7 Å². The molecule has 3 unspecified atom stereocenters. The van der Waals surface area contributed by atoms with Crippen molar-refractivity contribution in [1.29, 1.82) is 0 Å². The summed E-state index contributed by atoms with van der Waals surface area (Å²) in [7, 11) is -9.92. The number of ether oxygens (including phenoxy) is 4. The average Bonchev–Trinajstić information content (AvgIpc) is 0.956. The Balaban J connectivity index is 5.17. The van der Waals surface area contributed by atoms with Gasteiger partial charge in [0.25, 0.3) is 0 Å². The van der Waals surface area contributed by atoms with Gasteiger partial charge in [-0.25, -0.2) is 9.13 Å². The maximum Gasteiger partial charge on any atom is 0.472 e. The maximum atomic E-state index is 13.1. The minimum absolute atomic E-state index is 0.106. The summed E-state index contributed by atoms with van der Waals surface area (Å²) in [6, 6.07) is 0. The van der Waals surface area contributed by atoms with E-state index in [-0.39, 0.29) is 25.7 Å². The molecule has 0 saturated carbocycles. The first kappa shape index (κ1) is 97.1. The zero-order chi connectivity index (χ0) is 73.1. The van der Waals surface area contributed by atoms with Crippen molar-refractivity contribution in [3.05, 3.63) is 0 Å². The summed E-state index contributed by atoms with van der Waals surface area (Å²) in [5, 5.41) is 10.6. The van der Waals surface area contributed by atoms with Crippen molar-refractivity contribution in [3.63, 3.8) is 0 Å². The van der Waals surface area contributed by atoms with Gasteiger partial charge in [-0.2, -0.15) is 0 Å². The first-order valence-corrected chi connectivity index (χ1v) is 44.2. The lowest BCUT2D eigenvalue weighted by Gasteiger charge is -2.21. The molecule has 0 aliphatic heterocycles. The summed E-state index contributed by atoms with van der Waals surface area (Å²) in [5.74, 6) is 0.940. The van der Waals surface area contributed by atoms with Gasteiger partial charge in [0, 0.05) is 25.7 Å². The van der Waals surface area contributed by atoms with Crippen LogP contribution in [0.3, 0.4) is 0 Å². The molecule has 0 aromatic rings. The van der Waals surface area contributed by atoms with Gasteiger partial charge in [-0.05, 0) is 49.4 Å². The van der Waals surface area contributed by atoms with E-state index in [1.54, 1.807) is 0 Å². The molecular formula is C80H156O17P2. The number of esters is 4. The summed E-state index contributed by atoms with van der Waals surface area (Å²) < 4.78 is 68.6. The molecule has 0 aromatic heterocycles. The predicted octanol–water partition coefficient (Wildman–Crippen LogP) is 23.6. The number of hydrogen-bond acceptors (Lipinski definition) is 15. The topological polar surface area (TPSA) is 237 Å². The van der Waals surface area contributed by atoms with E-state index in [2.05, 4.69) is 55.4 Å². The number of phosphoric acid groups is 2. The molecule has 0 saturated heterocycles. The highest BCUT2D eigenvalue weighted by Gasteiger charge is 2.30. The quantitative estimate of drug-likeness (QED) is 0.0222. The summed E-state index contributed by atoms with van der Waals surface area (Å²) in [6.45, 7) is 14.2. The lowest BCUT2D eigenvalue weighted by molar-refractivity contribution is -0.161. The molecule has 19 heteroatoms. The van der Waals surface area contributed by atoms with Crippen molar-refractivity contribution < 1.29 is 80.2 Å². The van der Waals surface area contributed by atoms with E-state index < -0.39 is 97.5 Å². The van der Waals surface area contributed by atoms with Crippen molar-refractivity contribution in [2.45, 2.75) is 427 Å². The molecule has 0 amide bonds. The first-order chi connectivity index (χ1) is 47.6. The van der Waals surface area contributed by atoms with Crippen molar-refractivity contribution in [1.82, 2.24) is 0 Å². The van der Waals surface area contributed by atoms with Gasteiger partial charge >= 0.3 is 39.5 Å². The Kier molecular flexibility index (Phi) is 67.8. The van der Waals surface area contributed by atoms with Gasteiger partial charge in [-0.3, -0.25) is 37.3 Å². The van der Waals surface area contributed by atoms with Gasteiger partial charge in [-0.15, -0.1) is 0 Å². The Morgan fingerprint density at radius 3 is 0.717 bits per heavy atom. The molecule has 0 spiro atoms. The first-order valence-electron chi connectivity index (χ1n) is 41.2. The fourth-order valence-electron chi connectivity index (χ4n) is 12.2. The second-order valence-electron chi connectivity index (χ2n) is 30.5. The van der Waals surface area contributed by atoms with Gasteiger partial charge in [0.2, 0.25) is 0 Å². The van der Waals surface area contributed by atoms with Crippen molar-refractivity contribution in [2.75, 3.05) is 39.6 Å². The lowest BCUT2D eigenvalue weighted by atomic mass is 10.00. The number of aliphatic hydroxyl groups excluding tert-OH is 1. The largest absolute Gasteiger partial charge is 0.472 e. The molecule has 6 atom stereocenters. The lowest BCUT2D eigenvalue weighted by Crippen LogP contribution is -2.30. The third kappa shape index (κ3) is 72.8. The van der Waals surface area contributed by atoms with Crippen LogP contribution in [0.1, 0.15) is 409 Å². The van der Waals surface area contributed by atoms with E-state index in [0.29, 0.717) is 31.6 Å². The Morgan fingerprint density at radius 2 is 0.485 bits per heavy atom. The SMILES string of the molecule is CCC(C)CCCCCCCCC(=O)OC[C@H](COP(=O)(O)OC[C@H](O)COP(=O)(O)OC[C@@H](COC(=O)CCCCCCCCCC(C)C)OC(=O)CCCCCCCCCCCCCCCCCCCCC(C)C)OC(=O)CCCCCCCCCCCCCCCCCC(C)C. The molecule has 0 rings (SSSR count). The maximum absolute atomic E-state index is 13.1. The third-order valence-electron chi connectivity index (χ3n) is 18.9. The summed E-state index contributed by atoms with van der Waals surface area (Å²) in [5.41, 5.74) is 0. The van der Waals surface area contributed by atoms with Crippen LogP contribution >= 0.6 is 15.6 Å².